The van der Waals surface area contributed by atoms with E-state index in [9.17, 15) is 4.79 Å². The fourth-order valence-electron chi connectivity index (χ4n) is 5.78. The summed E-state index contributed by atoms with van der Waals surface area (Å²) in [6, 6.07) is 11.2. The van der Waals surface area contributed by atoms with Crippen LogP contribution in [0.15, 0.2) is 53.1 Å². The van der Waals surface area contributed by atoms with Gasteiger partial charge in [0.05, 0.1) is 11.1 Å². The van der Waals surface area contributed by atoms with Crippen LogP contribution in [0.1, 0.15) is 37.7 Å². The van der Waals surface area contributed by atoms with E-state index in [0.29, 0.717) is 16.6 Å². The van der Waals surface area contributed by atoms with Crippen molar-refractivity contribution in [3.05, 3.63) is 71.2 Å². The van der Waals surface area contributed by atoms with Crippen molar-refractivity contribution in [3.8, 4) is 11.1 Å². The highest BCUT2D eigenvalue weighted by atomic mass is 35.5. The number of esters is 1. The fourth-order valence-corrected chi connectivity index (χ4v) is 6.02. The van der Waals surface area contributed by atoms with Crippen LogP contribution in [0.4, 0.5) is 8.78 Å². The third-order valence-electron chi connectivity index (χ3n) is 7.55. The molecule has 0 amide bonds. The number of benzene rings is 1. The lowest BCUT2D eigenvalue weighted by Crippen LogP contribution is -2.54. The predicted octanol–water partition coefficient (Wildman–Crippen LogP) is 6.19. The zero-order chi connectivity index (χ0) is 25.7. The summed E-state index contributed by atoms with van der Waals surface area (Å²) in [5, 5.41) is 8.39. The number of hydrogen-bond acceptors (Lipinski definition) is 6. The zero-order valence-electron chi connectivity index (χ0n) is 20.1. The van der Waals surface area contributed by atoms with E-state index in [0.717, 1.165) is 11.1 Å². The Labute approximate surface area is 212 Å². The summed E-state index contributed by atoms with van der Waals surface area (Å²) in [4.78, 5) is 17.6. The first-order valence-corrected chi connectivity index (χ1v) is 12.3. The van der Waals surface area contributed by atoms with Crippen molar-refractivity contribution >= 4 is 23.6 Å². The number of aryl methyl sites for hydroxylation is 1. The van der Waals surface area contributed by atoms with Gasteiger partial charge in [-0.1, -0.05) is 48.9 Å². The summed E-state index contributed by atoms with van der Waals surface area (Å²) in [6.07, 6.45) is 3.94. The Morgan fingerprint density at radius 1 is 1.17 bits per heavy atom. The molecule has 188 valence electrons. The molecule has 1 aliphatic heterocycles. The summed E-state index contributed by atoms with van der Waals surface area (Å²) >= 11 is 6.29. The number of cyclic esters (lactones) is 1. The first kappa shape index (κ1) is 24.6. The molecule has 0 bridgehead atoms. The number of carbonyl (C=O) groups is 1. The van der Waals surface area contributed by atoms with Crippen LogP contribution in [0.3, 0.4) is 0 Å². The van der Waals surface area contributed by atoms with Crippen LogP contribution < -0.4 is 0 Å². The SMILES string of the molecule is Cc1nnc(CC23CC(F)(F)[C@@H](C)[C@H](/C=C/c4ccc(-c5ccccc5Cl)cn4)[C@@H]2[C@@H](C)OC3=O)o1. The topological polar surface area (TPSA) is 78.1 Å². The van der Waals surface area contributed by atoms with Crippen molar-refractivity contribution in [2.24, 2.45) is 23.2 Å². The van der Waals surface area contributed by atoms with E-state index in [2.05, 4.69) is 15.2 Å². The average Bonchev–Trinajstić information content (AvgIpc) is 3.34. The molecule has 5 atom stereocenters. The number of nitrogens with zero attached hydrogens (tertiary/aromatic N) is 3. The second-order valence-corrected chi connectivity index (χ2v) is 10.2. The molecule has 1 unspecified atom stereocenters. The van der Waals surface area contributed by atoms with Gasteiger partial charge < -0.3 is 9.15 Å². The molecule has 3 heterocycles. The third kappa shape index (κ3) is 4.21. The van der Waals surface area contributed by atoms with E-state index in [4.69, 9.17) is 20.8 Å². The molecule has 3 aromatic rings. The maximum absolute atomic E-state index is 15.4. The van der Waals surface area contributed by atoms with Gasteiger partial charge in [0, 0.05) is 53.9 Å². The normalized spacial score (nSPS) is 29.3. The lowest BCUT2D eigenvalue weighted by atomic mass is 9.55. The number of halogens is 3. The number of aromatic nitrogens is 3. The Balaban J connectivity index is 1.47. The highest BCUT2D eigenvalue weighted by molar-refractivity contribution is 6.33. The molecular formula is C27H26ClF2N3O3. The van der Waals surface area contributed by atoms with Crippen molar-refractivity contribution in [2.75, 3.05) is 0 Å². The minimum atomic E-state index is -3.09. The predicted molar refractivity (Wildman–Crippen MR) is 130 cm³/mol. The van der Waals surface area contributed by atoms with Crippen LogP contribution in [-0.4, -0.2) is 33.2 Å². The lowest BCUT2D eigenvalue weighted by Gasteiger charge is -2.47. The first-order chi connectivity index (χ1) is 17.1. The van der Waals surface area contributed by atoms with E-state index in [1.807, 2.05) is 36.4 Å². The average molecular weight is 514 g/mol. The smallest absolute Gasteiger partial charge is 0.313 e. The number of pyridine rings is 1. The Kier molecular flexibility index (Phi) is 6.19. The number of carbonyl (C=O) groups excluding carboxylic acids is 1. The van der Waals surface area contributed by atoms with Gasteiger partial charge in [0.2, 0.25) is 11.8 Å². The van der Waals surface area contributed by atoms with E-state index < -0.39 is 47.6 Å². The molecule has 2 fully saturated rings. The van der Waals surface area contributed by atoms with Crippen molar-refractivity contribution in [2.45, 2.75) is 45.6 Å². The van der Waals surface area contributed by atoms with Crippen LogP contribution in [0.25, 0.3) is 17.2 Å². The molecule has 1 aliphatic carbocycles. The Bertz CT molecular complexity index is 1310. The molecule has 2 aliphatic rings. The zero-order valence-corrected chi connectivity index (χ0v) is 20.9. The highest BCUT2D eigenvalue weighted by Gasteiger charge is 2.68. The number of fused-ring (bicyclic) bond motifs is 1. The number of ether oxygens (including phenoxy) is 1. The van der Waals surface area contributed by atoms with Gasteiger partial charge in [-0.15, -0.1) is 10.2 Å². The summed E-state index contributed by atoms with van der Waals surface area (Å²) in [6.45, 7) is 4.91. The van der Waals surface area contributed by atoms with Gasteiger partial charge in [0.15, 0.2) is 0 Å². The lowest BCUT2D eigenvalue weighted by molar-refractivity contribution is -0.171. The number of allylic oxidation sites excluding steroid dienone is 1. The second-order valence-electron chi connectivity index (χ2n) is 9.80. The highest BCUT2D eigenvalue weighted by Crippen LogP contribution is 2.60. The molecule has 1 saturated heterocycles. The molecule has 6 nitrogen and oxygen atoms in total. The molecular weight excluding hydrogens is 488 g/mol. The molecule has 0 N–H and O–H groups in total. The maximum atomic E-state index is 15.4. The minimum absolute atomic E-state index is 0.0842. The number of hydrogen-bond donors (Lipinski definition) is 0. The van der Waals surface area contributed by atoms with Crippen LogP contribution in [0, 0.1) is 30.1 Å². The van der Waals surface area contributed by atoms with Crippen LogP contribution in [0.2, 0.25) is 5.02 Å². The second kappa shape index (κ2) is 9.07. The standard InChI is InChI=1S/C27H26ClF2N3O3/c1-15-20(11-10-19-9-8-18(13-31-19)21-6-4-5-7-22(21)28)24-16(2)35-25(34)26(24,14-27(15,29)30)12-23-33-32-17(3)36-23/h4-11,13,15-16,20,24H,12,14H2,1-3H3/b11-10+/t15-,16+,20-,24-,26?/m0/s1. The van der Waals surface area contributed by atoms with Crippen molar-refractivity contribution in [1.82, 2.24) is 15.2 Å². The summed E-state index contributed by atoms with van der Waals surface area (Å²) in [5.74, 6) is -5.37. The van der Waals surface area contributed by atoms with Crippen LogP contribution in [0.5, 0.6) is 0 Å². The van der Waals surface area contributed by atoms with Crippen molar-refractivity contribution in [3.63, 3.8) is 0 Å². The fraction of sp³-hybridized carbons (Fsp3) is 0.407. The summed E-state index contributed by atoms with van der Waals surface area (Å²) < 4.78 is 41.9. The first-order valence-electron chi connectivity index (χ1n) is 11.9. The van der Waals surface area contributed by atoms with E-state index in [-0.39, 0.29) is 12.3 Å². The van der Waals surface area contributed by atoms with Crippen LogP contribution in [-0.2, 0) is 16.0 Å². The summed E-state index contributed by atoms with van der Waals surface area (Å²) in [7, 11) is 0. The molecule has 2 aromatic heterocycles. The number of alkyl halides is 2. The summed E-state index contributed by atoms with van der Waals surface area (Å²) in [5.41, 5.74) is 0.875. The van der Waals surface area contributed by atoms with Gasteiger partial charge in [0.1, 0.15) is 6.10 Å². The Hall–Kier alpha value is -3.13. The molecule has 0 radical (unpaired) electrons. The van der Waals surface area contributed by atoms with Crippen LogP contribution >= 0.6 is 11.6 Å². The van der Waals surface area contributed by atoms with E-state index >= 15 is 8.78 Å². The molecule has 9 heteroatoms. The molecule has 1 aromatic carbocycles. The minimum Gasteiger partial charge on any atom is -0.462 e. The third-order valence-corrected chi connectivity index (χ3v) is 7.88. The number of rotatable bonds is 5. The largest absolute Gasteiger partial charge is 0.462 e. The van der Waals surface area contributed by atoms with Gasteiger partial charge in [0.25, 0.3) is 5.92 Å². The quantitative estimate of drug-likeness (QED) is 0.379. The maximum Gasteiger partial charge on any atom is 0.313 e. The molecule has 5 rings (SSSR count). The van der Waals surface area contributed by atoms with Gasteiger partial charge in [-0.25, -0.2) is 8.78 Å². The van der Waals surface area contributed by atoms with Crippen molar-refractivity contribution in [1.29, 1.82) is 0 Å². The molecule has 36 heavy (non-hydrogen) atoms. The molecule has 1 saturated carbocycles. The van der Waals surface area contributed by atoms with Gasteiger partial charge in [-0.05, 0) is 31.1 Å². The van der Waals surface area contributed by atoms with Crippen molar-refractivity contribution < 1.29 is 22.7 Å². The Morgan fingerprint density at radius 2 is 1.94 bits per heavy atom. The Morgan fingerprint density at radius 3 is 2.61 bits per heavy atom. The van der Waals surface area contributed by atoms with Gasteiger partial charge >= 0.3 is 5.97 Å². The molecule has 0 spiro atoms. The van der Waals surface area contributed by atoms with E-state index in [1.165, 1.54) is 6.92 Å². The van der Waals surface area contributed by atoms with Gasteiger partial charge in [-0.2, -0.15) is 0 Å². The monoisotopic (exact) mass is 513 g/mol. The van der Waals surface area contributed by atoms with Gasteiger partial charge in [-0.3, -0.25) is 9.78 Å². The van der Waals surface area contributed by atoms with E-state index in [1.54, 1.807) is 32.2 Å².